The van der Waals surface area contributed by atoms with E-state index in [-0.39, 0.29) is 5.25 Å². The van der Waals surface area contributed by atoms with E-state index in [1.807, 2.05) is 6.92 Å². The van der Waals surface area contributed by atoms with Crippen LogP contribution in [0.2, 0.25) is 0 Å². The third-order valence-electron chi connectivity index (χ3n) is 2.85. The summed E-state index contributed by atoms with van der Waals surface area (Å²) in [7, 11) is -1.31. The van der Waals surface area contributed by atoms with E-state index in [0.717, 1.165) is 25.7 Å². The molecule has 1 aliphatic carbocycles. The Bertz CT molecular complexity index is 242. The van der Waals surface area contributed by atoms with Crippen molar-refractivity contribution in [3.05, 3.63) is 0 Å². The first-order valence-corrected chi connectivity index (χ1v) is 6.54. The van der Waals surface area contributed by atoms with Crippen LogP contribution >= 0.6 is 0 Å². The van der Waals surface area contributed by atoms with Crippen LogP contribution in [0.4, 0.5) is 0 Å². The third kappa shape index (κ3) is 2.44. The fraction of sp³-hybridized carbons (Fsp3) is 1.00. The van der Waals surface area contributed by atoms with Crippen LogP contribution in [0.15, 0.2) is 0 Å². The summed E-state index contributed by atoms with van der Waals surface area (Å²) in [6.45, 7) is 2.46. The number of rotatable bonds is 3. The molecule has 1 rings (SSSR count). The van der Waals surface area contributed by atoms with E-state index in [1.54, 1.807) is 7.05 Å². The summed E-state index contributed by atoms with van der Waals surface area (Å²) < 4.78 is 25.2. The molecule has 3 nitrogen and oxygen atoms in total. The molecular formula is C9H19NO2S. The lowest BCUT2D eigenvalue weighted by molar-refractivity contribution is 0.434. The SMILES string of the molecule is CCN(C)S(=O)(=O)C1CCCCC1. The molecule has 0 bridgehead atoms. The molecule has 0 spiro atoms. The van der Waals surface area contributed by atoms with Crippen LogP contribution in [0.5, 0.6) is 0 Å². The average Bonchev–Trinajstić information content (AvgIpc) is 2.18. The van der Waals surface area contributed by atoms with Crippen molar-refractivity contribution >= 4 is 10.0 Å². The van der Waals surface area contributed by atoms with Crippen molar-refractivity contribution in [1.29, 1.82) is 0 Å². The maximum Gasteiger partial charge on any atom is 0.216 e. The van der Waals surface area contributed by atoms with Crippen LogP contribution in [0.1, 0.15) is 39.0 Å². The highest BCUT2D eigenvalue weighted by molar-refractivity contribution is 7.89. The second-order valence-electron chi connectivity index (χ2n) is 3.72. The Morgan fingerprint density at radius 2 is 1.77 bits per heavy atom. The first-order valence-electron chi connectivity index (χ1n) is 5.04. The van der Waals surface area contributed by atoms with Crippen molar-refractivity contribution in [3.63, 3.8) is 0 Å². The van der Waals surface area contributed by atoms with Crippen LogP contribution in [-0.2, 0) is 10.0 Å². The minimum Gasteiger partial charge on any atom is -0.212 e. The van der Waals surface area contributed by atoms with Gasteiger partial charge in [-0.05, 0) is 12.8 Å². The second-order valence-corrected chi connectivity index (χ2v) is 6.04. The minimum atomic E-state index is -2.98. The Labute approximate surface area is 81.2 Å². The zero-order valence-electron chi connectivity index (χ0n) is 8.49. The summed E-state index contributed by atoms with van der Waals surface area (Å²) in [6.07, 6.45) is 5.05. The van der Waals surface area contributed by atoms with Gasteiger partial charge in [0.05, 0.1) is 5.25 Å². The largest absolute Gasteiger partial charge is 0.216 e. The monoisotopic (exact) mass is 205 g/mol. The van der Waals surface area contributed by atoms with Crippen LogP contribution in [-0.4, -0.2) is 31.6 Å². The van der Waals surface area contributed by atoms with E-state index in [4.69, 9.17) is 0 Å². The lowest BCUT2D eigenvalue weighted by Crippen LogP contribution is -2.37. The summed E-state index contributed by atoms with van der Waals surface area (Å²) in [4.78, 5) is 0. The summed E-state index contributed by atoms with van der Waals surface area (Å²) in [5.41, 5.74) is 0. The molecule has 1 fully saturated rings. The summed E-state index contributed by atoms with van der Waals surface area (Å²) in [5, 5.41) is -0.105. The van der Waals surface area contributed by atoms with Gasteiger partial charge < -0.3 is 0 Å². The van der Waals surface area contributed by atoms with Crippen molar-refractivity contribution in [2.75, 3.05) is 13.6 Å². The highest BCUT2D eigenvalue weighted by atomic mass is 32.2. The quantitative estimate of drug-likeness (QED) is 0.702. The van der Waals surface area contributed by atoms with Gasteiger partial charge in [0, 0.05) is 13.6 Å². The van der Waals surface area contributed by atoms with Gasteiger partial charge in [-0.15, -0.1) is 0 Å². The maximum absolute atomic E-state index is 11.8. The van der Waals surface area contributed by atoms with Gasteiger partial charge in [0.2, 0.25) is 10.0 Å². The standard InChI is InChI=1S/C9H19NO2S/c1-3-10(2)13(11,12)9-7-5-4-6-8-9/h9H,3-8H2,1-2H3. The van der Waals surface area contributed by atoms with Crippen molar-refractivity contribution in [3.8, 4) is 0 Å². The van der Waals surface area contributed by atoms with Gasteiger partial charge in [0.25, 0.3) is 0 Å². The Balaban J connectivity index is 2.67. The molecule has 0 radical (unpaired) electrons. The molecule has 0 saturated heterocycles. The Hall–Kier alpha value is -0.0900. The highest BCUT2D eigenvalue weighted by Gasteiger charge is 2.29. The summed E-state index contributed by atoms with van der Waals surface area (Å²) in [6, 6.07) is 0. The molecule has 0 aliphatic heterocycles. The van der Waals surface area contributed by atoms with Gasteiger partial charge in [-0.2, -0.15) is 0 Å². The molecule has 0 N–H and O–H groups in total. The Morgan fingerprint density at radius 3 is 2.23 bits per heavy atom. The average molecular weight is 205 g/mol. The topological polar surface area (TPSA) is 37.4 Å². The number of hydrogen-bond acceptors (Lipinski definition) is 2. The number of nitrogens with zero attached hydrogens (tertiary/aromatic N) is 1. The number of sulfonamides is 1. The van der Waals surface area contributed by atoms with E-state index in [9.17, 15) is 8.42 Å². The fourth-order valence-electron chi connectivity index (χ4n) is 1.80. The van der Waals surface area contributed by atoms with Crippen LogP contribution in [0, 0.1) is 0 Å². The summed E-state index contributed by atoms with van der Waals surface area (Å²) in [5.74, 6) is 0. The minimum absolute atomic E-state index is 0.105. The van der Waals surface area contributed by atoms with Crippen LogP contribution in [0.25, 0.3) is 0 Å². The summed E-state index contributed by atoms with van der Waals surface area (Å²) >= 11 is 0. The zero-order chi connectivity index (χ0) is 9.90. The van der Waals surface area contributed by atoms with Crippen LogP contribution < -0.4 is 0 Å². The highest BCUT2D eigenvalue weighted by Crippen LogP contribution is 2.25. The predicted octanol–water partition coefficient (Wildman–Crippen LogP) is 1.60. The van der Waals surface area contributed by atoms with Gasteiger partial charge in [0.1, 0.15) is 0 Å². The lowest BCUT2D eigenvalue weighted by atomic mass is 10.0. The molecule has 0 aromatic heterocycles. The molecular weight excluding hydrogens is 186 g/mol. The third-order valence-corrected chi connectivity index (χ3v) is 5.29. The lowest BCUT2D eigenvalue weighted by Gasteiger charge is -2.26. The normalized spacial score (nSPS) is 20.8. The predicted molar refractivity (Wildman–Crippen MR) is 54.1 cm³/mol. The molecule has 1 aliphatic rings. The molecule has 0 aromatic carbocycles. The van der Waals surface area contributed by atoms with E-state index in [0.29, 0.717) is 6.54 Å². The Morgan fingerprint density at radius 1 is 1.23 bits per heavy atom. The van der Waals surface area contributed by atoms with Gasteiger partial charge >= 0.3 is 0 Å². The zero-order valence-corrected chi connectivity index (χ0v) is 9.31. The molecule has 13 heavy (non-hydrogen) atoms. The molecule has 0 amide bonds. The van der Waals surface area contributed by atoms with Crippen molar-refractivity contribution in [2.45, 2.75) is 44.3 Å². The van der Waals surface area contributed by atoms with Gasteiger partial charge in [-0.1, -0.05) is 26.2 Å². The first-order chi connectivity index (χ1) is 6.09. The van der Waals surface area contributed by atoms with E-state index in [1.165, 1.54) is 10.7 Å². The molecule has 0 atom stereocenters. The van der Waals surface area contributed by atoms with Crippen molar-refractivity contribution in [1.82, 2.24) is 4.31 Å². The second kappa shape index (κ2) is 4.42. The van der Waals surface area contributed by atoms with E-state index in [2.05, 4.69) is 0 Å². The maximum atomic E-state index is 11.8. The Kier molecular flexibility index (Phi) is 3.74. The van der Waals surface area contributed by atoms with Crippen molar-refractivity contribution < 1.29 is 8.42 Å². The fourth-order valence-corrected chi connectivity index (χ4v) is 3.60. The smallest absolute Gasteiger partial charge is 0.212 e. The number of hydrogen-bond donors (Lipinski definition) is 0. The molecule has 1 saturated carbocycles. The molecule has 0 unspecified atom stereocenters. The first kappa shape index (κ1) is 11.0. The van der Waals surface area contributed by atoms with E-state index < -0.39 is 10.0 Å². The van der Waals surface area contributed by atoms with Gasteiger partial charge in [0.15, 0.2) is 0 Å². The van der Waals surface area contributed by atoms with E-state index >= 15 is 0 Å². The molecule has 0 heterocycles. The van der Waals surface area contributed by atoms with Crippen molar-refractivity contribution in [2.24, 2.45) is 0 Å². The molecule has 0 aromatic rings. The van der Waals surface area contributed by atoms with Crippen LogP contribution in [0.3, 0.4) is 0 Å². The van der Waals surface area contributed by atoms with Gasteiger partial charge in [-0.25, -0.2) is 12.7 Å². The van der Waals surface area contributed by atoms with Gasteiger partial charge in [-0.3, -0.25) is 0 Å². The molecule has 78 valence electrons. The molecule has 4 heteroatoms.